The fraction of sp³-hybridized carbons (Fsp3) is 0.0217. The van der Waals surface area contributed by atoms with Crippen LogP contribution in [0.1, 0.15) is 27.8 Å². The molecular formula is C92H66N2. The molecule has 15 aromatic rings. The third-order valence-corrected chi connectivity index (χ3v) is 18.9. The summed E-state index contributed by atoms with van der Waals surface area (Å²) in [6.45, 7) is 2.26. The molecule has 2 heteroatoms. The molecule has 0 radical (unpaired) electrons. The lowest BCUT2D eigenvalue weighted by atomic mass is 9.67. The molecule has 0 aliphatic heterocycles. The second-order valence-electron chi connectivity index (χ2n) is 24.3. The first-order chi connectivity index (χ1) is 46.6. The van der Waals surface area contributed by atoms with Gasteiger partial charge in [-0.05, 0) is 209 Å². The molecule has 0 saturated carbocycles. The van der Waals surface area contributed by atoms with E-state index in [2.05, 4.69) is 399 Å². The number of rotatable bonds is 15. The van der Waals surface area contributed by atoms with E-state index in [-0.39, 0.29) is 0 Å². The smallest absolute Gasteiger partial charge is 0.0714 e. The standard InChI is InChI=1S/C92H66N2/c1-65-28-26-47-88-90(65)83-61-60-80(62-89(83)92(88,73-37-18-6-19-38-73)74-39-20-7-21-40-74)94(76-43-24-9-25-44-76)79-56-50-71(51-57-79)87-64-84(68-33-14-4-15-34-68)86(63-85(87)69-35-16-5-17-36-69)70-48-54-77(55-49-70)93(75-41-22-8-23-42-75)78-58-52-72(53-59-78)91-81(66-29-10-2-11-30-66)45-27-46-82(91)67-31-12-3-13-32-67/h2-64H,1H3. The molecule has 0 fully saturated rings. The lowest BCUT2D eigenvalue weighted by Gasteiger charge is -2.35. The minimum Gasteiger partial charge on any atom is -0.311 e. The topological polar surface area (TPSA) is 6.48 Å². The maximum atomic E-state index is 2.46. The molecule has 16 rings (SSSR count). The van der Waals surface area contributed by atoms with Gasteiger partial charge in [-0.2, -0.15) is 0 Å². The first-order valence-corrected chi connectivity index (χ1v) is 32.5. The molecule has 444 valence electrons. The van der Waals surface area contributed by atoms with Gasteiger partial charge in [-0.1, -0.05) is 297 Å². The number of anilines is 6. The van der Waals surface area contributed by atoms with E-state index in [1.807, 2.05) is 0 Å². The Morgan fingerprint density at radius 2 is 0.500 bits per heavy atom. The van der Waals surface area contributed by atoms with Gasteiger partial charge in [-0.25, -0.2) is 0 Å². The van der Waals surface area contributed by atoms with E-state index >= 15 is 0 Å². The lowest BCUT2D eigenvalue weighted by Crippen LogP contribution is -2.28. The van der Waals surface area contributed by atoms with Crippen LogP contribution in [0.5, 0.6) is 0 Å². The van der Waals surface area contributed by atoms with Gasteiger partial charge in [0.15, 0.2) is 0 Å². The molecule has 0 saturated heterocycles. The van der Waals surface area contributed by atoms with Crippen molar-refractivity contribution in [1.82, 2.24) is 0 Å². The zero-order valence-electron chi connectivity index (χ0n) is 52.3. The Balaban J connectivity index is 0.793. The second-order valence-corrected chi connectivity index (χ2v) is 24.3. The van der Waals surface area contributed by atoms with Gasteiger partial charge >= 0.3 is 0 Å². The van der Waals surface area contributed by atoms with Crippen molar-refractivity contribution in [2.45, 2.75) is 12.3 Å². The summed E-state index contributed by atoms with van der Waals surface area (Å²) in [5, 5.41) is 0. The van der Waals surface area contributed by atoms with Crippen molar-refractivity contribution < 1.29 is 0 Å². The van der Waals surface area contributed by atoms with E-state index in [1.165, 1.54) is 66.8 Å². The third-order valence-electron chi connectivity index (χ3n) is 18.9. The van der Waals surface area contributed by atoms with Crippen LogP contribution in [0, 0.1) is 6.92 Å². The van der Waals surface area contributed by atoms with Gasteiger partial charge in [0.2, 0.25) is 0 Å². The minimum absolute atomic E-state index is 0.540. The van der Waals surface area contributed by atoms with Gasteiger partial charge < -0.3 is 9.80 Å². The van der Waals surface area contributed by atoms with Crippen LogP contribution in [-0.2, 0) is 5.41 Å². The Morgan fingerprint density at radius 3 is 0.904 bits per heavy atom. The fourth-order valence-corrected chi connectivity index (χ4v) is 14.6. The predicted octanol–water partition coefficient (Wildman–Crippen LogP) is 25.0. The quantitative estimate of drug-likeness (QED) is 0.101. The first kappa shape index (κ1) is 57.1. The van der Waals surface area contributed by atoms with Gasteiger partial charge in [0.1, 0.15) is 0 Å². The number of para-hydroxylation sites is 2. The Hall–Kier alpha value is -12.1. The van der Waals surface area contributed by atoms with E-state index < -0.39 is 5.41 Å². The Morgan fingerprint density at radius 1 is 0.191 bits per heavy atom. The van der Waals surface area contributed by atoms with Crippen molar-refractivity contribution in [3.05, 3.63) is 410 Å². The number of aryl methyl sites for hydroxylation is 1. The van der Waals surface area contributed by atoms with Crippen LogP contribution in [-0.4, -0.2) is 0 Å². The first-order valence-electron chi connectivity index (χ1n) is 32.5. The van der Waals surface area contributed by atoms with Crippen LogP contribution in [0.2, 0.25) is 0 Å². The number of fused-ring (bicyclic) bond motifs is 3. The molecule has 0 heterocycles. The summed E-state index contributed by atoms with van der Waals surface area (Å²) >= 11 is 0. The maximum absolute atomic E-state index is 2.46. The van der Waals surface area contributed by atoms with Crippen LogP contribution in [0.25, 0.3) is 89.0 Å². The van der Waals surface area contributed by atoms with Crippen LogP contribution < -0.4 is 9.80 Å². The molecule has 0 spiro atoms. The summed E-state index contributed by atoms with van der Waals surface area (Å²) in [5.41, 5.74) is 31.2. The maximum Gasteiger partial charge on any atom is 0.0714 e. The van der Waals surface area contributed by atoms with Crippen LogP contribution in [0.3, 0.4) is 0 Å². The summed E-state index contributed by atoms with van der Waals surface area (Å²) in [7, 11) is 0. The number of hydrogen-bond donors (Lipinski definition) is 0. The van der Waals surface area contributed by atoms with Crippen LogP contribution in [0.15, 0.2) is 382 Å². The summed E-state index contributed by atoms with van der Waals surface area (Å²) < 4.78 is 0. The Bertz CT molecular complexity index is 5020. The number of benzene rings is 15. The highest BCUT2D eigenvalue weighted by Crippen LogP contribution is 2.58. The summed E-state index contributed by atoms with van der Waals surface area (Å²) in [4.78, 5) is 4.78. The number of nitrogens with zero attached hydrogens (tertiary/aromatic N) is 2. The largest absolute Gasteiger partial charge is 0.311 e. The molecule has 1 aliphatic carbocycles. The fourth-order valence-electron chi connectivity index (χ4n) is 14.6. The molecule has 0 bridgehead atoms. The molecule has 0 aromatic heterocycles. The van der Waals surface area contributed by atoms with Crippen molar-refractivity contribution >= 4 is 34.1 Å². The predicted molar refractivity (Wildman–Crippen MR) is 396 cm³/mol. The highest BCUT2D eigenvalue weighted by Gasteiger charge is 2.47. The average molecular weight is 1200 g/mol. The normalized spacial score (nSPS) is 12.0. The van der Waals surface area contributed by atoms with E-state index in [0.29, 0.717) is 0 Å². The summed E-state index contributed by atoms with van der Waals surface area (Å²) in [6, 6.07) is 140. The van der Waals surface area contributed by atoms with Gasteiger partial charge in [-0.15, -0.1) is 0 Å². The highest BCUT2D eigenvalue weighted by molar-refractivity contribution is 5.98. The van der Waals surface area contributed by atoms with Crippen molar-refractivity contribution in [2.24, 2.45) is 0 Å². The van der Waals surface area contributed by atoms with Gasteiger partial charge in [0, 0.05) is 34.1 Å². The van der Waals surface area contributed by atoms with Crippen LogP contribution >= 0.6 is 0 Å². The number of hydrogen-bond acceptors (Lipinski definition) is 2. The zero-order valence-corrected chi connectivity index (χ0v) is 52.3. The molecule has 0 N–H and O–H groups in total. The summed E-state index contributed by atoms with van der Waals surface area (Å²) in [5.74, 6) is 0. The molecule has 15 aromatic carbocycles. The monoisotopic (exact) mass is 1200 g/mol. The Kier molecular flexibility index (Phi) is 15.1. The van der Waals surface area contributed by atoms with E-state index in [4.69, 9.17) is 0 Å². The molecule has 0 unspecified atom stereocenters. The van der Waals surface area contributed by atoms with Crippen LogP contribution in [0.4, 0.5) is 34.1 Å². The third kappa shape index (κ3) is 10.4. The molecule has 0 atom stereocenters. The SMILES string of the molecule is Cc1cccc2c1-c1ccc(N(c3ccccc3)c3ccc(-c4cc(-c5ccccc5)c(-c5ccc(N(c6ccccc6)c6ccc(-c7c(-c8ccccc8)cccc7-c7ccccc7)cc6)cc5)cc4-c4ccccc4)cc3)cc1C2(c1ccccc1)c1ccccc1. The minimum atomic E-state index is -0.540. The van der Waals surface area contributed by atoms with Crippen molar-refractivity contribution in [3.8, 4) is 89.0 Å². The Labute approximate surface area is 551 Å². The van der Waals surface area contributed by atoms with E-state index in [1.54, 1.807) is 0 Å². The average Bonchev–Trinajstić information content (AvgIpc) is 1.52. The molecule has 0 amide bonds. The molecule has 94 heavy (non-hydrogen) atoms. The summed E-state index contributed by atoms with van der Waals surface area (Å²) in [6.07, 6.45) is 0. The van der Waals surface area contributed by atoms with E-state index in [9.17, 15) is 0 Å². The zero-order chi connectivity index (χ0) is 62.8. The molecule has 1 aliphatic rings. The highest BCUT2D eigenvalue weighted by atomic mass is 15.1. The van der Waals surface area contributed by atoms with Gasteiger partial charge in [0.05, 0.1) is 5.41 Å². The van der Waals surface area contributed by atoms with Crippen molar-refractivity contribution in [3.63, 3.8) is 0 Å². The van der Waals surface area contributed by atoms with Crippen molar-refractivity contribution in [2.75, 3.05) is 9.80 Å². The second kappa shape index (κ2) is 24.9. The van der Waals surface area contributed by atoms with E-state index in [0.717, 1.165) is 84.2 Å². The van der Waals surface area contributed by atoms with Gasteiger partial charge in [-0.3, -0.25) is 0 Å². The van der Waals surface area contributed by atoms with Crippen molar-refractivity contribution in [1.29, 1.82) is 0 Å². The lowest BCUT2D eigenvalue weighted by molar-refractivity contribution is 0.768. The molecular weight excluding hydrogens is 1130 g/mol. The molecule has 2 nitrogen and oxygen atoms in total. The van der Waals surface area contributed by atoms with Gasteiger partial charge in [0.25, 0.3) is 0 Å².